The molecule has 0 bridgehead atoms. The first-order valence-electron chi connectivity index (χ1n) is 6.28. The van der Waals surface area contributed by atoms with Crippen molar-refractivity contribution in [3.63, 3.8) is 0 Å². The highest BCUT2D eigenvalue weighted by molar-refractivity contribution is 8.08. The minimum absolute atomic E-state index is 0.203. The van der Waals surface area contributed by atoms with Gasteiger partial charge in [0.2, 0.25) is 10.0 Å². The molecule has 0 radical (unpaired) electrons. The van der Waals surface area contributed by atoms with Crippen LogP contribution in [0.2, 0.25) is 0 Å². The van der Waals surface area contributed by atoms with Gasteiger partial charge in [-0.25, -0.2) is 17.4 Å². The van der Waals surface area contributed by atoms with Gasteiger partial charge in [-0.15, -0.1) is 0 Å². The lowest BCUT2D eigenvalue weighted by Gasteiger charge is -2.27. The van der Waals surface area contributed by atoms with E-state index in [-0.39, 0.29) is 4.90 Å². The molecule has 6 nitrogen and oxygen atoms in total. The lowest BCUT2D eigenvalue weighted by molar-refractivity contribution is 0.295. The van der Waals surface area contributed by atoms with E-state index in [9.17, 15) is 8.42 Å². The van der Waals surface area contributed by atoms with Crippen LogP contribution in [0.1, 0.15) is 6.92 Å². The molecule has 1 aromatic carbocycles. The second-order valence-corrected chi connectivity index (χ2v) is 10.3. The summed E-state index contributed by atoms with van der Waals surface area (Å²) < 4.78 is 38.1. The number of hydrogen-bond donors (Lipinski definition) is 0. The van der Waals surface area contributed by atoms with E-state index >= 15 is 0 Å². The largest absolute Gasteiger partial charge is 0.433 e. The van der Waals surface area contributed by atoms with E-state index in [0.717, 1.165) is 4.31 Å². The molecule has 120 valence electrons. The van der Waals surface area contributed by atoms with Crippen molar-refractivity contribution in [1.82, 2.24) is 8.98 Å². The third kappa shape index (κ3) is 4.48. The van der Waals surface area contributed by atoms with E-state index < -0.39 is 16.7 Å². The van der Waals surface area contributed by atoms with Crippen molar-refractivity contribution >= 4 is 28.5 Å². The van der Waals surface area contributed by atoms with Crippen molar-refractivity contribution in [2.75, 3.05) is 34.8 Å². The maximum atomic E-state index is 12.0. The first-order valence-corrected chi connectivity index (χ1v) is 10.3. The van der Waals surface area contributed by atoms with E-state index in [2.05, 4.69) is 0 Å². The van der Waals surface area contributed by atoms with Crippen LogP contribution in [0.5, 0.6) is 5.75 Å². The zero-order valence-electron chi connectivity index (χ0n) is 12.8. The predicted molar refractivity (Wildman–Crippen MR) is 87.5 cm³/mol. The second-order valence-electron chi connectivity index (χ2n) is 4.58. The summed E-state index contributed by atoms with van der Waals surface area (Å²) in [6.07, 6.45) is 0. The summed E-state index contributed by atoms with van der Waals surface area (Å²) in [5, 5.41) is 0. The molecular weight excluding hydrogens is 331 g/mol. The van der Waals surface area contributed by atoms with Gasteiger partial charge in [-0.2, -0.15) is 0 Å². The maximum absolute atomic E-state index is 12.0. The molecule has 0 saturated heterocycles. The Morgan fingerprint density at radius 2 is 1.67 bits per heavy atom. The molecule has 0 saturated carbocycles. The van der Waals surface area contributed by atoms with E-state index in [1.807, 2.05) is 6.92 Å². The molecular formula is C12H21N2O4PS2. The standard InChI is InChI=1S/C12H21N2O4PS2/c1-6-17-19(20,13(2)3)18-11-7-9-12(10-8-11)21(15,16)14(4)5/h7-10H,6H2,1-5H3. The normalized spacial score (nSPS) is 15.2. The fraction of sp³-hybridized carbons (Fsp3) is 0.500. The van der Waals surface area contributed by atoms with Crippen LogP contribution in [0.25, 0.3) is 0 Å². The van der Waals surface area contributed by atoms with Gasteiger partial charge in [0.15, 0.2) is 0 Å². The summed E-state index contributed by atoms with van der Waals surface area (Å²) in [6, 6.07) is 6.15. The molecule has 0 aromatic heterocycles. The van der Waals surface area contributed by atoms with E-state index in [1.54, 1.807) is 30.9 Å². The summed E-state index contributed by atoms with van der Waals surface area (Å²) in [6.45, 7) is -0.286. The fourth-order valence-corrected chi connectivity index (χ4v) is 4.04. The maximum Gasteiger partial charge on any atom is 0.314 e. The molecule has 0 N–H and O–H groups in total. The van der Waals surface area contributed by atoms with Crippen LogP contribution in [-0.2, 0) is 26.4 Å². The van der Waals surface area contributed by atoms with Gasteiger partial charge in [0.1, 0.15) is 5.75 Å². The van der Waals surface area contributed by atoms with Crippen molar-refractivity contribution in [1.29, 1.82) is 0 Å². The smallest absolute Gasteiger partial charge is 0.314 e. The highest BCUT2D eigenvalue weighted by atomic mass is 32.5. The van der Waals surface area contributed by atoms with E-state index in [1.165, 1.54) is 26.2 Å². The van der Waals surface area contributed by atoms with Crippen molar-refractivity contribution < 1.29 is 17.5 Å². The topological polar surface area (TPSA) is 59.1 Å². The molecule has 0 aliphatic heterocycles. The van der Waals surface area contributed by atoms with Gasteiger partial charge in [0, 0.05) is 14.1 Å². The van der Waals surface area contributed by atoms with Crippen molar-refractivity contribution in [2.24, 2.45) is 0 Å². The number of hydrogen-bond acceptors (Lipinski definition) is 5. The summed E-state index contributed by atoms with van der Waals surface area (Å²) in [7, 11) is 3.11. The predicted octanol–water partition coefficient (Wildman–Crippen LogP) is 2.14. The Labute approximate surface area is 131 Å². The third-order valence-corrected chi connectivity index (χ3v) is 7.96. The quantitative estimate of drug-likeness (QED) is 0.701. The number of sulfonamides is 1. The van der Waals surface area contributed by atoms with Gasteiger partial charge in [-0.05, 0) is 57.1 Å². The number of benzene rings is 1. The SMILES string of the molecule is CCOP(=S)(Oc1ccc(S(=O)(=O)N(C)C)cc1)N(C)C. The Morgan fingerprint density at radius 3 is 2.05 bits per heavy atom. The molecule has 0 aliphatic carbocycles. The minimum atomic E-state index is -3.44. The molecule has 1 atom stereocenters. The monoisotopic (exact) mass is 352 g/mol. The third-order valence-electron chi connectivity index (χ3n) is 2.61. The molecule has 21 heavy (non-hydrogen) atoms. The summed E-state index contributed by atoms with van der Waals surface area (Å²) in [4.78, 5) is 0.203. The molecule has 1 unspecified atom stereocenters. The van der Waals surface area contributed by atoms with Crippen LogP contribution in [0.3, 0.4) is 0 Å². The minimum Gasteiger partial charge on any atom is -0.433 e. The van der Waals surface area contributed by atoms with Crippen LogP contribution < -0.4 is 4.52 Å². The number of rotatable bonds is 7. The van der Waals surface area contributed by atoms with Gasteiger partial charge in [0.05, 0.1) is 11.5 Å². The van der Waals surface area contributed by atoms with Crippen LogP contribution in [0, 0.1) is 0 Å². The molecule has 1 aromatic rings. The molecule has 1 rings (SSSR count). The highest BCUT2D eigenvalue weighted by Crippen LogP contribution is 2.50. The van der Waals surface area contributed by atoms with Crippen LogP contribution >= 0.6 is 6.64 Å². The molecule has 0 heterocycles. The Bertz CT molecular complexity index is 615. The Morgan fingerprint density at radius 1 is 1.14 bits per heavy atom. The molecule has 0 spiro atoms. The Kier molecular flexibility index (Phi) is 6.34. The molecule has 0 fully saturated rings. The molecule has 0 aliphatic rings. The second kappa shape index (κ2) is 7.17. The van der Waals surface area contributed by atoms with Gasteiger partial charge >= 0.3 is 6.64 Å². The van der Waals surface area contributed by atoms with Crippen LogP contribution in [-0.4, -0.2) is 52.2 Å². The van der Waals surface area contributed by atoms with Crippen LogP contribution in [0.15, 0.2) is 29.2 Å². The molecule has 9 heteroatoms. The summed E-state index contributed by atoms with van der Waals surface area (Å²) in [5.41, 5.74) is 0. The fourth-order valence-electron chi connectivity index (χ4n) is 1.40. The summed E-state index contributed by atoms with van der Waals surface area (Å²) >= 11 is 5.42. The lowest BCUT2D eigenvalue weighted by atomic mass is 10.3. The van der Waals surface area contributed by atoms with Crippen molar-refractivity contribution in [3.05, 3.63) is 24.3 Å². The van der Waals surface area contributed by atoms with Gasteiger partial charge in [-0.3, -0.25) is 0 Å². The Balaban J connectivity index is 3.01. The average molecular weight is 352 g/mol. The van der Waals surface area contributed by atoms with E-state index in [4.69, 9.17) is 20.9 Å². The zero-order valence-corrected chi connectivity index (χ0v) is 15.3. The van der Waals surface area contributed by atoms with Crippen LogP contribution in [0.4, 0.5) is 0 Å². The van der Waals surface area contributed by atoms with Gasteiger partial charge < -0.3 is 9.05 Å². The van der Waals surface area contributed by atoms with Crippen molar-refractivity contribution in [2.45, 2.75) is 11.8 Å². The van der Waals surface area contributed by atoms with Gasteiger partial charge in [-0.1, -0.05) is 0 Å². The lowest BCUT2D eigenvalue weighted by Crippen LogP contribution is -2.22. The highest BCUT2D eigenvalue weighted by Gasteiger charge is 2.24. The average Bonchev–Trinajstić information content (AvgIpc) is 2.39. The zero-order chi connectivity index (χ0) is 16.3. The Hall–Kier alpha value is -0.500. The van der Waals surface area contributed by atoms with E-state index in [0.29, 0.717) is 12.4 Å². The van der Waals surface area contributed by atoms with Gasteiger partial charge in [0.25, 0.3) is 0 Å². The summed E-state index contributed by atoms with van der Waals surface area (Å²) in [5.74, 6) is 0.484. The molecule has 0 amide bonds. The first kappa shape index (κ1) is 18.5. The number of nitrogens with zero attached hydrogens (tertiary/aromatic N) is 2. The van der Waals surface area contributed by atoms with Crippen molar-refractivity contribution in [3.8, 4) is 5.75 Å². The first-order chi connectivity index (χ1) is 9.63.